The van der Waals surface area contributed by atoms with Gasteiger partial charge in [0.2, 0.25) is 0 Å². The first-order chi connectivity index (χ1) is 17.0. The van der Waals surface area contributed by atoms with E-state index in [9.17, 15) is 9.59 Å². The van der Waals surface area contributed by atoms with Gasteiger partial charge in [0.05, 0.1) is 21.9 Å². The highest BCUT2D eigenvalue weighted by Gasteiger charge is 2.22. The number of thiophene rings is 1. The van der Waals surface area contributed by atoms with Crippen molar-refractivity contribution in [3.63, 3.8) is 0 Å². The van der Waals surface area contributed by atoms with Gasteiger partial charge in [-0.25, -0.2) is 0 Å². The smallest absolute Gasteiger partial charge is 0.279 e. The van der Waals surface area contributed by atoms with E-state index < -0.39 is 0 Å². The Morgan fingerprint density at radius 1 is 1.23 bits per heavy atom. The number of nitrogens with one attached hydrogen (secondary N) is 2. The Morgan fingerprint density at radius 3 is 2.89 bits per heavy atom. The molecule has 4 N–H and O–H groups in total. The van der Waals surface area contributed by atoms with Crippen LogP contribution in [0.5, 0.6) is 5.75 Å². The number of nitrogens with two attached hydrogens (primary N) is 1. The van der Waals surface area contributed by atoms with Crippen LogP contribution in [-0.4, -0.2) is 38.2 Å². The third-order valence-corrected chi connectivity index (χ3v) is 6.75. The topological polar surface area (TPSA) is 106 Å². The number of rotatable bonds is 10. The van der Waals surface area contributed by atoms with Crippen LogP contribution >= 0.6 is 11.3 Å². The molecule has 0 saturated heterocycles. The maximum Gasteiger partial charge on any atom is 0.279 e. The molecule has 1 aliphatic heterocycles. The van der Waals surface area contributed by atoms with Crippen molar-refractivity contribution in [1.82, 2.24) is 5.43 Å². The number of carbonyl (C=O) groups is 2. The van der Waals surface area contributed by atoms with Crippen molar-refractivity contribution in [2.45, 2.75) is 26.7 Å². The molecular formula is C26H30N4O4S. The highest BCUT2D eigenvalue weighted by atomic mass is 32.1. The lowest BCUT2D eigenvalue weighted by atomic mass is 10.1. The van der Waals surface area contributed by atoms with Crippen molar-refractivity contribution in [2.24, 2.45) is 0 Å². The van der Waals surface area contributed by atoms with E-state index in [4.69, 9.17) is 15.2 Å². The van der Waals surface area contributed by atoms with Gasteiger partial charge in [-0.05, 0) is 49.1 Å². The van der Waals surface area contributed by atoms with E-state index in [0.29, 0.717) is 53.9 Å². The Morgan fingerprint density at radius 2 is 2.09 bits per heavy atom. The second-order valence-corrected chi connectivity index (χ2v) is 9.19. The second-order valence-electron chi connectivity index (χ2n) is 8.10. The van der Waals surface area contributed by atoms with Crippen molar-refractivity contribution >= 4 is 40.2 Å². The lowest BCUT2D eigenvalue weighted by Crippen LogP contribution is -2.43. The maximum absolute atomic E-state index is 13.2. The Labute approximate surface area is 209 Å². The van der Waals surface area contributed by atoms with Crippen molar-refractivity contribution in [3.05, 3.63) is 59.0 Å². The van der Waals surface area contributed by atoms with Gasteiger partial charge in [0.15, 0.2) is 6.61 Å². The van der Waals surface area contributed by atoms with E-state index in [1.807, 2.05) is 25.1 Å². The summed E-state index contributed by atoms with van der Waals surface area (Å²) in [5.74, 6) is 0.0483. The third-order valence-electron chi connectivity index (χ3n) is 5.61. The predicted octanol–water partition coefficient (Wildman–Crippen LogP) is 4.47. The average molecular weight is 495 g/mol. The Balaban J connectivity index is 1.55. The first-order valence-corrected chi connectivity index (χ1v) is 12.5. The van der Waals surface area contributed by atoms with E-state index in [1.165, 1.54) is 16.9 Å². The van der Waals surface area contributed by atoms with Crippen LogP contribution in [-0.2, 0) is 16.0 Å². The van der Waals surface area contributed by atoms with Crippen LogP contribution in [0.15, 0.2) is 48.5 Å². The monoisotopic (exact) mass is 494 g/mol. The Bertz CT molecular complexity index is 1210. The van der Waals surface area contributed by atoms with Crippen LogP contribution < -0.4 is 26.2 Å². The summed E-state index contributed by atoms with van der Waals surface area (Å²) in [7, 11) is 0. The summed E-state index contributed by atoms with van der Waals surface area (Å²) in [6.07, 6.45) is 1.64. The van der Waals surface area contributed by atoms with Gasteiger partial charge < -0.3 is 20.5 Å². The van der Waals surface area contributed by atoms with Crippen molar-refractivity contribution in [1.29, 1.82) is 0 Å². The highest BCUT2D eigenvalue weighted by Crippen LogP contribution is 2.37. The predicted molar refractivity (Wildman–Crippen MR) is 140 cm³/mol. The number of hydrazine groups is 1. The van der Waals surface area contributed by atoms with Crippen molar-refractivity contribution < 1.29 is 19.1 Å². The van der Waals surface area contributed by atoms with Gasteiger partial charge >= 0.3 is 0 Å². The number of amides is 2. The molecule has 0 bridgehead atoms. The fourth-order valence-electron chi connectivity index (χ4n) is 3.81. The van der Waals surface area contributed by atoms with Crippen LogP contribution in [0, 0.1) is 0 Å². The molecule has 4 rings (SSSR count). The van der Waals surface area contributed by atoms with Gasteiger partial charge in [0.1, 0.15) is 5.75 Å². The third kappa shape index (κ3) is 5.93. The van der Waals surface area contributed by atoms with Crippen LogP contribution in [0.25, 0.3) is 10.4 Å². The van der Waals surface area contributed by atoms with E-state index in [1.54, 1.807) is 17.1 Å². The molecule has 184 valence electrons. The summed E-state index contributed by atoms with van der Waals surface area (Å²) in [6.45, 7) is 5.66. The first-order valence-electron chi connectivity index (χ1n) is 11.7. The summed E-state index contributed by atoms with van der Waals surface area (Å²) < 4.78 is 11.0. The zero-order valence-corrected chi connectivity index (χ0v) is 20.7. The normalized spacial score (nSPS) is 12.5. The lowest BCUT2D eigenvalue weighted by Gasteiger charge is -2.28. The Kier molecular flexibility index (Phi) is 7.89. The summed E-state index contributed by atoms with van der Waals surface area (Å²) >= 11 is 1.44. The second kappa shape index (κ2) is 11.2. The molecular weight excluding hydrogens is 464 g/mol. The Hall–Kier alpha value is -3.56. The first kappa shape index (κ1) is 24.6. The minimum absolute atomic E-state index is 0.0652. The molecule has 9 heteroatoms. The molecule has 0 saturated carbocycles. The zero-order valence-electron chi connectivity index (χ0n) is 19.9. The molecule has 2 amide bonds. The van der Waals surface area contributed by atoms with Crippen LogP contribution in [0.1, 0.15) is 35.5 Å². The van der Waals surface area contributed by atoms with Crippen molar-refractivity contribution in [3.8, 4) is 16.2 Å². The minimum Gasteiger partial charge on any atom is -0.481 e. The molecule has 2 aromatic carbocycles. The minimum atomic E-state index is -0.232. The van der Waals surface area contributed by atoms with Gasteiger partial charge in [-0.15, -0.1) is 11.3 Å². The molecule has 0 radical (unpaired) electrons. The average Bonchev–Trinajstić information content (AvgIpc) is 3.36. The fourth-order valence-corrected chi connectivity index (χ4v) is 4.70. The number of nitrogens with zero attached hydrogens (tertiary/aromatic N) is 1. The number of hydrogen-bond acceptors (Lipinski definition) is 7. The zero-order chi connectivity index (χ0) is 24.8. The van der Waals surface area contributed by atoms with Gasteiger partial charge in [0.25, 0.3) is 11.8 Å². The largest absolute Gasteiger partial charge is 0.481 e. The summed E-state index contributed by atoms with van der Waals surface area (Å²) in [4.78, 5) is 26.5. The van der Waals surface area contributed by atoms with E-state index >= 15 is 0 Å². The van der Waals surface area contributed by atoms with Gasteiger partial charge in [-0.1, -0.05) is 31.2 Å². The van der Waals surface area contributed by atoms with Crippen LogP contribution in [0.2, 0.25) is 0 Å². The number of benzene rings is 2. The standard InChI is InChI=1S/C26H30N4O4S/c1-3-17-7-5-8-18(13-17)23-9-10-24(35-23)26(32)29-30(11-6-12-33-4-2)21-15-22-20(14-19(21)27)28-25(31)16-34-22/h5,7-10,13-15H,3-4,6,11-12,16,27H2,1-2H3,(H,28,31)(H,29,32). The van der Waals surface area contributed by atoms with E-state index in [2.05, 4.69) is 35.9 Å². The molecule has 0 aliphatic carbocycles. The summed E-state index contributed by atoms with van der Waals surface area (Å²) in [6, 6.07) is 15.5. The summed E-state index contributed by atoms with van der Waals surface area (Å²) in [5, 5.41) is 4.47. The fraction of sp³-hybridized carbons (Fsp3) is 0.308. The molecule has 35 heavy (non-hydrogen) atoms. The molecule has 1 aliphatic rings. The number of carbonyl (C=O) groups excluding carboxylic acids is 2. The number of hydrogen-bond donors (Lipinski definition) is 3. The van der Waals surface area contributed by atoms with E-state index in [-0.39, 0.29) is 18.4 Å². The molecule has 1 aromatic heterocycles. The van der Waals surface area contributed by atoms with Crippen molar-refractivity contribution in [2.75, 3.05) is 42.4 Å². The lowest BCUT2D eigenvalue weighted by molar-refractivity contribution is -0.118. The molecule has 0 fully saturated rings. The SMILES string of the molecule is CCOCCCN(NC(=O)c1ccc(-c2cccc(CC)c2)s1)c1cc2c(cc1N)NC(=O)CO2. The molecule has 8 nitrogen and oxygen atoms in total. The van der Waals surface area contributed by atoms with Gasteiger partial charge in [-0.3, -0.25) is 20.0 Å². The summed E-state index contributed by atoms with van der Waals surface area (Å²) in [5.41, 5.74) is 13.2. The maximum atomic E-state index is 13.2. The van der Waals surface area contributed by atoms with Crippen LogP contribution in [0.4, 0.5) is 17.1 Å². The number of ether oxygens (including phenoxy) is 2. The molecule has 2 heterocycles. The number of anilines is 3. The van der Waals surface area contributed by atoms with Crippen LogP contribution in [0.3, 0.4) is 0 Å². The number of nitrogen functional groups attached to an aromatic ring is 1. The molecule has 0 atom stereocenters. The quantitative estimate of drug-likeness (QED) is 0.218. The highest BCUT2D eigenvalue weighted by molar-refractivity contribution is 7.17. The molecule has 0 unspecified atom stereocenters. The number of aryl methyl sites for hydroxylation is 1. The van der Waals surface area contributed by atoms with E-state index in [0.717, 1.165) is 16.9 Å². The van der Waals surface area contributed by atoms with Gasteiger partial charge in [-0.2, -0.15) is 0 Å². The molecule has 0 spiro atoms. The molecule has 3 aromatic rings. The van der Waals surface area contributed by atoms with Gasteiger partial charge in [0, 0.05) is 30.7 Å². The number of fused-ring (bicyclic) bond motifs is 1.